The van der Waals surface area contributed by atoms with Gasteiger partial charge in [-0.3, -0.25) is 34.9 Å². The van der Waals surface area contributed by atoms with E-state index in [4.69, 9.17) is 23.2 Å². The van der Waals surface area contributed by atoms with Crippen LogP contribution in [0.3, 0.4) is 0 Å². The van der Waals surface area contributed by atoms with E-state index in [1.807, 2.05) is 48.5 Å². The van der Waals surface area contributed by atoms with Gasteiger partial charge in [-0.05, 0) is 53.4 Å². The van der Waals surface area contributed by atoms with E-state index in [1.165, 1.54) is 6.92 Å². The van der Waals surface area contributed by atoms with Crippen molar-refractivity contribution in [2.45, 2.75) is 22.7 Å². The zero-order valence-corrected chi connectivity index (χ0v) is 23.0. The molecule has 0 unspecified atom stereocenters. The fraction of sp³-hybridized carbons (Fsp3) is 0.214. The normalized spacial score (nSPS) is 27.3. The highest BCUT2D eigenvalue weighted by molar-refractivity contribution is 9.10. The highest BCUT2D eigenvalue weighted by Crippen LogP contribution is 2.69. The Bertz CT molecular complexity index is 1420. The summed E-state index contributed by atoms with van der Waals surface area (Å²) in [7, 11) is 0. The molecule has 3 aliphatic carbocycles. The minimum absolute atomic E-state index is 0.320. The molecule has 0 spiro atoms. The molecule has 1 saturated heterocycles. The van der Waals surface area contributed by atoms with Crippen molar-refractivity contribution in [3.05, 3.63) is 105 Å². The number of halogens is 3. The van der Waals surface area contributed by atoms with Crippen molar-refractivity contribution < 1.29 is 19.2 Å². The van der Waals surface area contributed by atoms with E-state index in [0.717, 1.165) is 9.37 Å². The molecule has 1 fully saturated rings. The zero-order valence-electron chi connectivity index (χ0n) is 19.9. The molecule has 1 heterocycles. The van der Waals surface area contributed by atoms with Crippen molar-refractivity contribution in [3.8, 4) is 0 Å². The van der Waals surface area contributed by atoms with E-state index >= 15 is 0 Å². The number of likely N-dealkylation sites (tertiary alicyclic amines) is 1. The fourth-order valence-electron chi connectivity index (χ4n) is 6.08. The third-order valence-electron chi connectivity index (χ3n) is 7.79. The van der Waals surface area contributed by atoms with Gasteiger partial charge in [0.15, 0.2) is 0 Å². The van der Waals surface area contributed by atoms with Crippen LogP contribution in [0.4, 0.5) is 0 Å². The number of imide groups is 1. The minimum atomic E-state index is -1.33. The highest BCUT2D eigenvalue weighted by atomic mass is 79.9. The molecule has 2 bridgehead atoms. The molecule has 7 nitrogen and oxygen atoms in total. The standard InChI is InChI=1S/C28H20BrCl2N3O4/c1-14(23(35)32-33-24(36)15-10-12-16(29)13-11-15)34-25(37)21-22(26(34)38)28(31)18-7-3-2-6-17(18)27(21,30)19-8-4-5-9-20(19)28/h2-14,21-22H,1H3,(H,32,35)(H,33,36)/t14-,21+,22+,27?,28?/m1/s1. The smallest absolute Gasteiger partial charge is 0.269 e. The predicted molar refractivity (Wildman–Crippen MR) is 144 cm³/mol. The maximum Gasteiger partial charge on any atom is 0.269 e. The summed E-state index contributed by atoms with van der Waals surface area (Å²) in [5.41, 5.74) is 7.69. The molecular weight excluding hydrogens is 593 g/mol. The lowest BCUT2D eigenvalue weighted by Gasteiger charge is -2.54. The third kappa shape index (κ3) is 3.20. The molecular formula is C28H20BrCl2N3O4. The summed E-state index contributed by atoms with van der Waals surface area (Å²) in [4.78, 5) is 51.6. The SMILES string of the molecule is C[C@H](C(=O)NNC(=O)c1ccc(Br)cc1)N1C(=O)[C@@H]2[C@@H](C1=O)C1(Cl)c3ccccc3C2(Cl)c2ccccc21. The first-order valence-electron chi connectivity index (χ1n) is 11.9. The second-order valence-electron chi connectivity index (χ2n) is 9.64. The quantitative estimate of drug-likeness (QED) is 0.263. The van der Waals surface area contributed by atoms with Gasteiger partial charge in [-0.2, -0.15) is 0 Å². The van der Waals surface area contributed by atoms with Crippen molar-refractivity contribution >= 4 is 62.8 Å². The number of hydrogen-bond donors (Lipinski definition) is 2. The van der Waals surface area contributed by atoms with E-state index in [9.17, 15) is 19.2 Å². The topological polar surface area (TPSA) is 95.6 Å². The van der Waals surface area contributed by atoms with Gasteiger partial charge in [-0.1, -0.05) is 64.5 Å². The first-order valence-corrected chi connectivity index (χ1v) is 13.5. The second-order valence-corrected chi connectivity index (χ2v) is 11.8. The molecule has 2 N–H and O–H groups in total. The number of hydrazine groups is 1. The van der Waals surface area contributed by atoms with Crippen LogP contribution in [0.2, 0.25) is 0 Å². The Morgan fingerprint density at radius 3 is 1.63 bits per heavy atom. The molecule has 1 aliphatic heterocycles. The van der Waals surface area contributed by atoms with Gasteiger partial charge in [0, 0.05) is 10.0 Å². The molecule has 0 saturated carbocycles. The number of hydrogen-bond acceptors (Lipinski definition) is 4. The van der Waals surface area contributed by atoms with Crippen LogP contribution >= 0.6 is 39.1 Å². The van der Waals surface area contributed by atoms with Gasteiger partial charge in [0.2, 0.25) is 11.8 Å². The van der Waals surface area contributed by atoms with Gasteiger partial charge in [-0.25, -0.2) is 0 Å². The number of carbonyl (C=O) groups excluding carboxylic acids is 4. The van der Waals surface area contributed by atoms with Gasteiger partial charge in [0.25, 0.3) is 11.8 Å². The van der Waals surface area contributed by atoms with Crippen molar-refractivity contribution in [2.24, 2.45) is 11.8 Å². The molecule has 3 aromatic carbocycles. The lowest BCUT2D eigenvalue weighted by molar-refractivity contribution is -0.147. The minimum Gasteiger partial charge on any atom is -0.274 e. The molecule has 3 aromatic rings. The van der Waals surface area contributed by atoms with Crippen molar-refractivity contribution in [2.75, 3.05) is 0 Å². The van der Waals surface area contributed by atoms with Crippen LogP contribution in [0.25, 0.3) is 0 Å². The van der Waals surface area contributed by atoms with E-state index in [-0.39, 0.29) is 0 Å². The highest BCUT2D eigenvalue weighted by Gasteiger charge is 2.73. The van der Waals surface area contributed by atoms with E-state index in [0.29, 0.717) is 27.8 Å². The van der Waals surface area contributed by atoms with Crippen molar-refractivity contribution in [1.29, 1.82) is 0 Å². The lowest BCUT2D eigenvalue weighted by Crippen LogP contribution is -2.57. The maximum atomic E-state index is 13.9. The Morgan fingerprint density at radius 2 is 1.21 bits per heavy atom. The van der Waals surface area contributed by atoms with Gasteiger partial charge in [-0.15, -0.1) is 23.2 Å². The molecule has 38 heavy (non-hydrogen) atoms. The average molecular weight is 613 g/mol. The summed E-state index contributed by atoms with van der Waals surface area (Å²) in [6.07, 6.45) is 0. The predicted octanol–water partition coefficient (Wildman–Crippen LogP) is 4.19. The monoisotopic (exact) mass is 611 g/mol. The third-order valence-corrected chi connectivity index (χ3v) is 9.61. The summed E-state index contributed by atoms with van der Waals surface area (Å²) < 4.78 is 0.798. The van der Waals surface area contributed by atoms with Crippen LogP contribution in [0.1, 0.15) is 39.5 Å². The molecule has 192 valence electrons. The largest absolute Gasteiger partial charge is 0.274 e. The summed E-state index contributed by atoms with van der Waals surface area (Å²) in [5, 5.41) is 0. The first kappa shape index (κ1) is 25.1. The van der Waals surface area contributed by atoms with Crippen LogP contribution < -0.4 is 10.9 Å². The Labute approximate surface area is 236 Å². The molecule has 10 heteroatoms. The van der Waals surface area contributed by atoms with Crippen LogP contribution in [0.15, 0.2) is 77.3 Å². The second kappa shape index (κ2) is 8.66. The molecule has 3 atom stereocenters. The fourth-order valence-corrected chi connectivity index (χ4v) is 7.45. The molecule has 0 radical (unpaired) electrons. The van der Waals surface area contributed by atoms with E-state index in [2.05, 4.69) is 26.8 Å². The number of alkyl halides is 2. The van der Waals surface area contributed by atoms with Crippen molar-refractivity contribution in [1.82, 2.24) is 15.8 Å². The molecule has 7 rings (SSSR count). The number of amides is 4. The van der Waals surface area contributed by atoms with Gasteiger partial charge in [0.1, 0.15) is 15.8 Å². The van der Waals surface area contributed by atoms with Gasteiger partial charge < -0.3 is 0 Å². The van der Waals surface area contributed by atoms with Crippen LogP contribution in [-0.4, -0.2) is 34.6 Å². The number of nitrogens with one attached hydrogen (secondary N) is 2. The number of rotatable bonds is 3. The molecule has 4 amide bonds. The Balaban J connectivity index is 1.33. The molecule has 0 aromatic heterocycles. The lowest BCUT2D eigenvalue weighted by atomic mass is 9.54. The summed E-state index contributed by atoms with van der Waals surface area (Å²) in [5.74, 6) is -4.45. The van der Waals surface area contributed by atoms with Gasteiger partial charge in [0.05, 0.1) is 11.8 Å². The van der Waals surface area contributed by atoms with Crippen LogP contribution in [0, 0.1) is 11.8 Å². The summed E-state index contributed by atoms with van der Waals surface area (Å²) >= 11 is 18.1. The van der Waals surface area contributed by atoms with E-state index < -0.39 is 51.3 Å². The number of benzene rings is 3. The number of carbonyl (C=O) groups is 4. The summed E-state index contributed by atoms with van der Waals surface area (Å²) in [6.45, 7) is 1.43. The summed E-state index contributed by atoms with van der Waals surface area (Å²) in [6, 6.07) is 20.0. The number of nitrogens with zero attached hydrogens (tertiary/aromatic N) is 1. The van der Waals surface area contributed by atoms with E-state index in [1.54, 1.807) is 24.3 Å². The van der Waals surface area contributed by atoms with Crippen molar-refractivity contribution in [3.63, 3.8) is 0 Å². The Kier molecular flexibility index (Phi) is 5.72. The van der Waals surface area contributed by atoms with Crippen LogP contribution in [-0.2, 0) is 24.1 Å². The van der Waals surface area contributed by atoms with Gasteiger partial charge >= 0.3 is 0 Å². The van der Waals surface area contributed by atoms with Crippen LogP contribution in [0.5, 0.6) is 0 Å². The zero-order chi connectivity index (χ0) is 27.0. The maximum absolute atomic E-state index is 13.9. The first-order chi connectivity index (χ1) is 18.1. The Morgan fingerprint density at radius 1 is 0.789 bits per heavy atom. The Hall–Kier alpha value is -3.20. The molecule has 4 aliphatic rings. The average Bonchev–Trinajstić information content (AvgIpc) is 3.21.